The zero-order valence-corrected chi connectivity index (χ0v) is 11.9. The zero-order chi connectivity index (χ0) is 15.4. The molecule has 22 heavy (non-hydrogen) atoms. The third-order valence-corrected chi connectivity index (χ3v) is 3.10. The first-order chi connectivity index (χ1) is 10.8. The number of carbonyl (C=O) groups excluding carboxylic acids is 1. The van der Waals surface area contributed by atoms with E-state index in [1.807, 2.05) is 48.5 Å². The van der Waals surface area contributed by atoms with Crippen LogP contribution in [0.25, 0.3) is 11.0 Å². The number of aromatic amines is 1. The van der Waals surface area contributed by atoms with E-state index in [1.165, 1.54) is 0 Å². The van der Waals surface area contributed by atoms with Gasteiger partial charge in [-0.2, -0.15) is 5.10 Å². The fourth-order valence-electron chi connectivity index (χ4n) is 1.97. The van der Waals surface area contributed by atoms with Crippen molar-refractivity contribution in [1.29, 1.82) is 0 Å². The number of aromatic nitrogens is 2. The molecule has 0 fully saturated rings. The summed E-state index contributed by atoms with van der Waals surface area (Å²) in [4.78, 5) is 19.1. The molecule has 6 nitrogen and oxygen atoms in total. The number of imidazole rings is 1. The van der Waals surface area contributed by atoms with Gasteiger partial charge in [-0.25, -0.2) is 10.4 Å². The molecular weight excluding hydrogens is 280 g/mol. The van der Waals surface area contributed by atoms with E-state index >= 15 is 0 Å². The summed E-state index contributed by atoms with van der Waals surface area (Å²) in [7, 11) is 1.61. The first kappa shape index (κ1) is 13.8. The van der Waals surface area contributed by atoms with Gasteiger partial charge in [-0.05, 0) is 42.0 Å². The molecule has 0 atom stereocenters. The highest BCUT2D eigenvalue weighted by Crippen LogP contribution is 2.11. The SMILES string of the molecule is COc1ccc(/C=N/NC(=O)c2nc3ccccc3[nH]2)cc1. The molecule has 0 spiro atoms. The Morgan fingerprint density at radius 2 is 2.00 bits per heavy atom. The van der Waals surface area contributed by atoms with Crippen molar-refractivity contribution in [3.05, 3.63) is 59.9 Å². The topological polar surface area (TPSA) is 79.4 Å². The van der Waals surface area contributed by atoms with Crippen LogP contribution in [0.15, 0.2) is 53.6 Å². The van der Waals surface area contributed by atoms with Gasteiger partial charge in [0.25, 0.3) is 0 Å². The molecule has 0 radical (unpaired) electrons. The number of nitrogens with one attached hydrogen (secondary N) is 2. The number of benzene rings is 2. The zero-order valence-electron chi connectivity index (χ0n) is 11.9. The van der Waals surface area contributed by atoms with Crippen molar-refractivity contribution in [2.24, 2.45) is 5.10 Å². The van der Waals surface area contributed by atoms with Gasteiger partial charge in [0.15, 0.2) is 5.82 Å². The van der Waals surface area contributed by atoms with Crippen molar-refractivity contribution < 1.29 is 9.53 Å². The van der Waals surface area contributed by atoms with Crippen molar-refractivity contribution in [3.63, 3.8) is 0 Å². The van der Waals surface area contributed by atoms with Gasteiger partial charge in [0.1, 0.15) is 5.75 Å². The maximum atomic E-state index is 12.0. The lowest BCUT2D eigenvalue weighted by atomic mass is 10.2. The number of nitrogens with zero attached hydrogens (tertiary/aromatic N) is 2. The second-order valence-electron chi connectivity index (χ2n) is 4.57. The summed E-state index contributed by atoms with van der Waals surface area (Å²) in [6.45, 7) is 0. The fraction of sp³-hybridized carbons (Fsp3) is 0.0625. The monoisotopic (exact) mass is 294 g/mol. The lowest BCUT2D eigenvalue weighted by molar-refractivity contribution is 0.0946. The van der Waals surface area contributed by atoms with Crippen molar-refractivity contribution in [3.8, 4) is 5.75 Å². The molecule has 0 saturated heterocycles. The second kappa shape index (κ2) is 6.09. The van der Waals surface area contributed by atoms with E-state index in [2.05, 4.69) is 20.5 Å². The van der Waals surface area contributed by atoms with Crippen molar-refractivity contribution in [1.82, 2.24) is 15.4 Å². The normalized spacial score (nSPS) is 11.0. The Balaban J connectivity index is 1.67. The van der Waals surface area contributed by atoms with E-state index in [9.17, 15) is 4.79 Å². The molecule has 3 aromatic rings. The van der Waals surface area contributed by atoms with Crippen LogP contribution in [0.5, 0.6) is 5.75 Å². The molecule has 0 aliphatic heterocycles. The average Bonchev–Trinajstić information content (AvgIpc) is 2.99. The molecule has 0 unspecified atom stereocenters. The first-order valence-corrected chi connectivity index (χ1v) is 6.68. The maximum Gasteiger partial charge on any atom is 0.307 e. The van der Waals surface area contributed by atoms with Crippen LogP contribution >= 0.6 is 0 Å². The van der Waals surface area contributed by atoms with Crippen LogP contribution in [-0.4, -0.2) is 29.2 Å². The maximum absolute atomic E-state index is 12.0. The number of carbonyl (C=O) groups is 1. The predicted octanol–water partition coefficient (Wildman–Crippen LogP) is 2.34. The number of fused-ring (bicyclic) bond motifs is 1. The van der Waals surface area contributed by atoms with Gasteiger partial charge < -0.3 is 9.72 Å². The number of hydrazone groups is 1. The molecule has 0 aliphatic carbocycles. The van der Waals surface area contributed by atoms with E-state index in [4.69, 9.17) is 4.74 Å². The molecule has 1 aromatic heterocycles. The lowest BCUT2D eigenvalue weighted by Crippen LogP contribution is -2.19. The Morgan fingerprint density at radius 1 is 1.23 bits per heavy atom. The molecule has 0 bridgehead atoms. The Kier molecular flexibility index (Phi) is 3.82. The molecule has 1 amide bonds. The van der Waals surface area contributed by atoms with Crippen molar-refractivity contribution in [2.75, 3.05) is 7.11 Å². The average molecular weight is 294 g/mol. The minimum atomic E-state index is -0.388. The van der Waals surface area contributed by atoms with Crippen LogP contribution in [-0.2, 0) is 0 Å². The van der Waals surface area contributed by atoms with E-state index in [0.717, 1.165) is 22.3 Å². The van der Waals surface area contributed by atoms with Crippen molar-refractivity contribution in [2.45, 2.75) is 0 Å². The summed E-state index contributed by atoms with van der Waals surface area (Å²) in [5.74, 6) is 0.609. The number of rotatable bonds is 4. The van der Waals surface area contributed by atoms with Crippen molar-refractivity contribution >= 4 is 23.2 Å². The Morgan fingerprint density at radius 3 is 2.73 bits per heavy atom. The smallest absolute Gasteiger partial charge is 0.307 e. The molecule has 2 N–H and O–H groups in total. The highest BCUT2D eigenvalue weighted by molar-refractivity contribution is 5.94. The summed E-state index contributed by atoms with van der Waals surface area (Å²) in [6.07, 6.45) is 1.56. The van der Waals surface area contributed by atoms with Gasteiger partial charge in [0.05, 0.1) is 24.4 Å². The number of para-hydroxylation sites is 2. The molecule has 0 saturated carbocycles. The third kappa shape index (κ3) is 2.95. The molecule has 1 heterocycles. The van der Waals surface area contributed by atoms with Crippen LogP contribution < -0.4 is 10.2 Å². The molecular formula is C16H14N4O2. The number of hydrogen-bond acceptors (Lipinski definition) is 4. The van der Waals surface area contributed by atoms with Crippen LogP contribution in [0.4, 0.5) is 0 Å². The minimum Gasteiger partial charge on any atom is -0.497 e. The van der Waals surface area contributed by atoms with Gasteiger partial charge in [-0.3, -0.25) is 4.79 Å². The Labute approximate surface area is 126 Å². The number of methoxy groups -OCH3 is 1. The number of amides is 1. The van der Waals surface area contributed by atoms with Gasteiger partial charge in [0, 0.05) is 0 Å². The molecule has 3 rings (SSSR count). The number of H-pyrrole nitrogens is 1. The minimum absolute atomic E-state index is 0.230. The van der Waals surface area contributed by atoms with Gasteiger partial charge in [-0.1, -0.05) is 12.1 Å². The third-order valence-electron chi connectivity index (χ3n) is 3.10. The molecule has 0 aliphatic rings. The second-order valence-corrected chi connectivity index (χ2v) is 4.57. The summed E-state index contributed by atoms with van der Waals surface area (Å²) in [6, 6.07) is 14.8. The first-order valence-electron chi connectivity index (χ1n) is 6.68. The molecule has 2 aromatic carbocycles. The largest absolute Gasteiger partial charge is 0.497 e. The summed E-state index contributed by atoms with van der Waals surface area (Å²) in [5, 5.41) is 3.92. The van der Waals surface area contributed by atoms with Crippen LogP contribution in [0.1, 0.15) is 16.2 Å². The Hall–Kier alpha value is -3.15. The standard InChI is InChI=1S/C16H14N4O2/c1-22-12-8-6-11(7-9-12)10-17-20-16(21)15-18-13-4-2-3-5-14(13)19-15/h2-10H,1H3,(H,18,19)(H,20,21)/b17-10+. The van der Waals surface area contributed by atoms with E-state index in [1.54, 1.807) is 13.3 Å². The predicted molar refractivity (Wildman–Crippen MR) is 84.1 cm³/mol. The lowest BCUT2D eigenvalue weighted by Gasteiger charge is -1.99. The number of hydrogen-bond donors (Lipinski definition) is 2. The van der Waals surface area contributed by atoms with E-state index in [0.29, 0.717) is 0 Å². The quantitative estimate of drug-likeness (QED) is 0.572. The molecule has 110 valence electrons. The van der Waals surface area contributed by atoms with E-state index in [-0.39, 0.29) is 11.7 Å². The number of ether oxygens (including phenoxy) is 1. The van der Waals surface area contributed by atoms with Gasteiger partial charge in [-0.15, -0.1) is 0 Å². The van der Waals surface area contributed by atoms with Crippen LogP contribution in [0, 0.1) is 0 Å². The van der Waals surface area contributed by atoms with E-state index < -0.39 is 0 Å². The fourth-order valence-corrected chi connectivity index (χ4v) is 1.97. The Bertz CT molecular complexity index is 789. The summed E-state index contributed by atoms with van der Waals surface area (Å²) >= 11 is 0. The molecule has 6 heteroatoms. The van der Waals surface area contributed by atoms with Gasteiger partial charge >= 0.3 is 5.91 Å². The summed E-state index contributed by atoms with van der Waals surface area (Å²) < 4.78 is 5.07. The highest BCUT2D eigenvalue weighted by Gasteiger charge is 2.09. The highest BCUT2D eigenvalue weighted by atomic mass is 16.5. The summed E-state index contributed by atoms with van der Waals surface area (Å²) in [5.41, 5.74) is 4.85. The van der Waals surface area contributed by atoms with Crippen LogP contribution in [0.2, 0.25) is 0 Å². The van der Waals surface area contributed by atoms with Gasteiger partial charge in [0.2, 0.25) is 0 Å². The van der Waals surface area contributed by atoms with Crippen LogP contribution in [0.3, 0.4) is 0 Å².